The highest BCUT2D eigenvalue weighted by atomic mass is 32.2. The number of methoxy groups -OCH3 is 1. The van der Waals surface area contributed by atoms with E-state index < -0.39 is 22.4 Å². The summed E-state index contributed by atoms with van der Waals surface area (Å²) >= 11 is 0. The van der Waals surface area contributed by atoms with Gasteiger partial charge in [-0.2, -0.15) is 21.6 Å². The predicted molar refractivity (Wildman–Crippen MR) is 75.2 cm³/mol. The summed E-state index contributed by atoms with van der Waals surface area (Å²) in [7, 11) is -2.78. The minimum Gasteiger partial charge on any atom is -0.497 e. The molecular weight excluding hydrogens is 321 g/mol. The highest BCUT2D eigenvalue weighted by Gasteiger charge is 2.44. The van der Waals surface area contributed by atoms with Crippen molar-refractivity contribution in [2.45, 2.75) is 12.3 Å². The Hall–Kier alpha value is -1.80. The number of hydrogen-bond donors (Lipinski definition) is 0. The molecule has 1 atom stereocenters. The van der Waals surface area contributed by atoms with Crippen molar-refractivity contribution < 1.29 is 30.5 Å². The number of hydrogen-bond acceptors (Lipinski definition) is 4. The zero-order valence-corrected chi connectivity index (χ0v) is 12.5. The normalized spacial score (nSPS) is 14.0. The minimum atomic E-state index is -4.84. The Balaban J connectivity index is 2.50. The molecule has 0 heterocycles. The van der Waals surface area contributed by atoms with Gasteiger partial charge >= 0.3 is 6.18 Å². The lowest BCUT2D eigenvalue weighted by Crippen LogP contribution is -2.25. The fraction of sp³-hybridized carbons (Fsp3) is 0.286. The summed E-state index contributed by atoms with van der Waals surface area (Å²) < 4.78 is 70.5. The van der Waals surface area contributed by atoms with E-state index >= 15 is 0 Å². The standard InChI is InChI=1S/C14H13F3O4S/c1-20-12-6-5-9-7-11(4-3-10(9)8-12)13(14(15,16)17)21-22(2,18)19/h3-8,13H,1-2H3. The van der Waals surface area contributed by atoms with Crippen LogP contribution in [-0.4, -0.2) is 28.0 Å². The molecule has 0 aromatic heterocycles. The van der Waals surface area contributed by atoms with Gasteiger partial charge in [-0.05, 0) is 34.5 Å². The number of rotatable bonds is 4. The van der Waals surface area contributed by atoms with Gasteiger partial charge in [0.25, 0.3) is 10.1 Å². The second-order valence-electron chi connectivity index (χ2n) is 4.69. The summed E-state index contributed by atoms with van der Waals surface area (Å²) in [5.41, 5.74) is -0.282. The average Bonchev–Trinajstić information content (AvgIpc) is 2.41. The first kappa shape index (κ1) is 16.6. The molecule has 0 saturated carbocycles. The third-order valence-corrected chi connectivity index (χ3v) is 3.48. The Morgan fingerprint density at radius 1 is 1.05 bits per heavy atom. The number of benzene rings is 2. The first-order chi connectivity index (χ1) is 10.1. The Morgan fingerprint density at radius 3 is 2.18 bits per heavy atom. The van der Waals surface area contributed by atoms with Crippen LogP contribution in [0.5, 0.6) is 5.75 Å². The van der Waals surface area contributed by atoms with Gasteiger partial charge in [-0.25, -0.2) is 0 Å². The lowest BCUT2D eigenvalue weighted by molar-refractivity contribution is -0.196. The maximum atomic E-state index is 13.0. The summed E-state index contributed by atoms with van der Waals surface area (Å²) in [6, 6.07) is 8.75. The molecule has 0 spiro atoms. The predicted octanol–water partition coefficient (Wildman–Crippen LogP) is 3.43. The molecule has 0 saturated heterocycles. The molecule has 4 nitrogen and oxygen atoms in total. The molecule has 0 aliphatic rings. The summed E-state index contributed by atoms with van der Waals surface area (Å²) in [6.07, 6.45) is -6.80. The van der Waals surface area contributed by atoms with Crippen LogP contribution in [0.1, 0.15) is 11.7 Å². The first-order valence-corrected chi connectivity index (χ1v) is 7.94. The smallest absolute Gasteiger partial charge is 0.420 e. The zero-order chi connectivity index (χ0) is 16.5. The van der Waals surface area contributed by atoms with E-state index in [4.69, 9.17) is 4.74 Å². The summed E-state index contributed by atoms with van der Waals surface area (Å²) in [5.74, 6) is 0.569. The van der Waals surface area contributed by atoms with Crippen LogP contribution in [0.15, 0.2) is 36.4 Å². The van der Waals surface area contributed by atoms with E-state index in [1.807, 2.05) is 0 Å². The van der Waals surface area contributed by atoms with E-state index in [-0.39, 0.29) is 5.56 Å². The molecule has 1 unspecified atom stereocenters. The number of ether oxygens (including phenoxy) is 1. The van der Waals surface area contributed by atoms with Crippen LogP contribution < -0.4 is 4.74 Å². The largest absolute Gasteiger partial charge is 0.497 e. The van der Waals surface area contributed by atoms with Gasteiger partial charge in [0.1, 0.15) is 5.75 Å². The molecule has 0 bridgehead atoms. The third kappa shape index (κ3) is 3.89. The second kappa shape index (κ2) is 5.77. The van der Waals surface area contributed by atoms with Gasteiger partial charge in [-0.1, -0.05) is 18.2 Å². The van der Waals surface area contributed by atoms with E-state index in [1.165, 1.54) is 25.3 Å². The Labute approximate surface area is 125 Å². The molecule has 2 rings (SSSR count). The molecule has 0 aliphatic carbocycles. The highest BCUT2D eigenvalue weighted by Crippen LogP contribution is 2.38. The number of halogens is 3. The molecule has 2 aromatic rings. The number of fused-ring (bicyclic) bond motifs is 1. The topological polar surface area (TPSA) is 52.6 Å². The van der Waals surface area contributed by atoms with E-state index in [1.54, 1.807) is 18.2 Å². The van der Waals surface area contributed by atoms with Crippen LogP contribution >= 0.6 is 0 Å². The van der Waals surface area contributed by atoms with E-state index in [2.05, 4.69) is 4.18 Å². The van der Waals surface area contributed by atoms with Crippen LogP contribution in [0.2, 0.25) is 0 Å². The van der Waals surface area contributed by atoms with Gasteiger partial charge < -0.3 is 4.74 Å². The second-order valence-corrected chi connectivity index (χ2v) is 6.30. The van der Waals surface area contributed by atoms with Crippen molar-refractivity contribution in [3.05, 3.63) is 42.0 Å². The lowest BCUT2D eigenvalue weighted by atomic mass is 10.0. The molecule has 0 N–H and O–H groups in total. The van der Waals surface area contributed by atoms with Gasteiger partial charge in [0.2, 0.25) is 0 Å². The lowest BCUT2D eigenvalue weighted by Gasteiger charge is -2.20. The SMILES string of the molecule is COc1ccc2cc(C(OS(C)(=O)=O)C(F)(F)F)ccc2c1. The molecule has 2 aromatic carbocycles. The third-order valence-electron chi connectivity index (χ3n) is 2.94. The molecule has 22 heavy (non-hydrogen) atoms. The Kier molecular flexibility index (Phi) is 4.35. The molecule has 8 heteroatoms. The first-order valence-electron chi connectivity index (χ1n) is 6.13. The minimum absolute atomic E-state index is 0.282. The van der Waals surface area contributed by atoms with Crippen molar-refractivity contribution in [3.63, 3.8) is 0 Å². The van der Waals surface area contributed by atoms with Crippen LogP contribution in [0.25, 0.3) is 10.8 Å². The molecule has 120 valence electrons. The van der Waals surface area contributed by atoms with Gasteiger partial charge in [0, 0.05) is 0 Å². The monoisotopic (exact) mass is 334 g/mol. The highest BCUT2D eigenvalue weighted by molar-refractivity contribution is 7.86. The van der Waals surface area contributed by atoms with Crippen LogP contribution in [0.4, 0.5) is 13.2 Å². The Morgan fingerprint density at radius 2 is 1.64 bits per heavy atom. The maximum absolute atomic E-state index is 13.0. The quantitative estimate of drug-likeness (QED) is 0.804. The van der Waals surface area contributed by atoms with Gasteiger partial charge in [-0.15, -0.1) is 0 Å². The van der Waals surface area contributed by atoms with Crippen molar-refractivity contribution in [1.82, 2.24) is 0 Å². The summed E-state index contributed by atoms with van der Waals surface area (Å²) in [4.78, 5) is 0. The van der Waals surface area contributed by atoms with E-state index in [0.29, 0.717) is 22.8 Å². The van der Waals surface area contributed by atoms with Gasteiger partial charge in [0.05, 0.1) is 13.4 Å². The van der Waals surface area contributed by atoms with Crippen molar-refractivity contribution in [2.75, 3.05) is 13.4 Å². The molecule has 0 aliphatic heterocycles. The van der Waals surface area contributed by atoms with Crippen molar-refractivity contribution in [3.8, 4) is 5.75 Å². The average molecular weight is 334 g/mol. The Bertz CT molecular complexity index is 784. The van der Waals surface area contributed by atoms with E-state index in [0.717, 1.165) is 0 Å². The summed E-state index contributed by atoms with van der Waals surface area (Å²) in [6.45, 7) is 0. The molecule has 0 radical (unpaired) electrons. The van der Waals surface area contributed by atoms with E-state index in [9.17, 15) is 21.6 Å². The van der Waals surface area contributed by atoms with Crippen molar-refractivity contribution in [2.24, 2.45) is 0 Å². The van der Waals surface area contributed by atoms with Crippen LogP contribution in [0, 0.1) is 0 Å². The maximum Gasteiger partial charge on any atom is 0.420 e. The van der Waals surface area contributed by atoms with Gasteiger partial charge in [-0.3, -0.25) is 4.18 Å². The molecule has 0 fully saturated rings. The van der Waals surface area contributed by atoms with Crippen LogP contribution in [-0.2, 0) is 14.3 Å². The fourth-order valence-electron chi connectivity index (χ4n) is 2.01. The van der Waals surface area contributed by atoms with Crippen molar-refractivity contribution in [1.29, 1.82) is 0 Å². The van der Waals surface area contributed by atoms with Crippen molar-refractivity contribution >= 4 is 20.9 Å². The molecule has 0 amide bonds. The number of alkyl halides is 3. The molecular formula is C14H13F3O4S. The zero-order valence-electron chi connectivity index (χ0n) is 11.7. The fourth-order valence-corrected chi connectivity index (χ4v) is 2.58. The van der Waals surface area contributed by atoms with Crippen LogP contribution in [0.3, 0.4) is 0 Å². The van der Waals surface area contributed by atoms with Gasteiger partial charge in [0.15, 0.2) is 6.10 Å². The summed E-state index contributed by atoms with van der Waals surface area (Å²) in [5, 5.41) is 1.19.